The zero-order chi connectivity index (χ0) is 24.7. The first-order valence-electron chi connectivity index (χ1n) is 12.1. The average Bonchev–Trinajstić information content (AvgIpc) is 2.82. The molecule has 1 amide bonds. The van der Waals surface area contributed by atoms with E-state index in [1.165, 1.54) is 18.4 Å². The minimum absolute atomic E-state index is 0.000834. The van der Waals surface area contributed by atoms with Gasteiger partial charge in [-0.05, 0) is 20.3 Å². The van der Waals surface area contributed by atoms with Gasteiger partial charge in [0.05, 0.1) is 17.5 Å². The molecule has 8 nitrogen and oxygen atoms in total. The lowest BCUT2D eigenvalue weighted by atomic mass is 9.96. The third-order valence-corrected chi connectivity index (χ3v) is 6.18. The van der Waals surface area contributed by atoms with Crippen molar-refractivity contribution in [3.63, 3.8) is 0 Å². The minimum Gasteiger partial charge on any atom is -0.480 e. The normalized spacial score (nSPS) is 16.9. The Morgan fingerprint density at radius 3 is 2.44 bits per heavy atom. The molecule has 0 aliphatic carbocycles. The minimum atomic E-state index is -1.24. The van der Waals surface area contributed by atoms with Crippen LogP contribution in [0, 0.1) is 0 Å². The number of Topliss-reactive ketones (excluding diaryl/α,β-unsaturated/α-hetero) is 1. The van der Waals surface area contributed by atoms with Crippen LogP contribution >= 0.6 is 0 Å². The molecule has 0 saturated carbocycles. The molecule has 1 atom stereocenters. The van der Waals surface area contributed by atoms with Crippen molar-refractivity contribution in [2.75, 3.05) is 18.4 Å². The number of likely N-dealkylation sites (N-methyl/N-ethyl adjacent to an activating group) is 1. The molecule has 0 fully saturated rings. The van der Waals surface area contributed by atoms with E-state index in [0.29, 0.717) is 18.8 Å². The lowest BCUT2D eigenvalue weighted by Gasteiger charge is -2.43. The highest BCUT2D eigenvalue weighted by Crippen LogP contribution is 2.30. The van der Waals surface area contributed by atoms with Gasteiger partial charge in [-0.2, -0.15) is 5.01 Å². The van der Waals surface area contributed by atoms with Crippen LogP contribution in [-0.2, 0) is 14.4 Å². The molecule has 182 valence electrons. The highest BCUT2D eigenvalue weighted by atomic mass is 16.4. The number of aromatic nitrogens is 1. The number of aliphatic carboxylic acids is 1. The maximum atomic E-state index is 13.6. The van der Waals surface area contributed by atoms with E-state index < -0.39 is 23.7 Å². The van der Waals surface area contributed by atoms with Gasteiger partial charge in [-0.25, -0.2) is 0 Å². The number of anilines is 1. The van der Waals surface area contributed by atoms with E-state index >= 15 is 0 Å². The number of unbranched alkanes of at least 4 members (excludes halogenated alkanes) is 5. The van der Waals surface area contributed by atoms with Crippen molar-refractivity contribution in [3.8, 4) is 0 Å². The summed E-state index contributed by atoms with van der Waals surface area (Å²) in [6, 6.07) is 6.31. The molecule has 1 aromatic heterocycles. The number of carbonyl (C=O) groups is 3. The zero-order valence-corrected chi connectivity index (χ0v) is 20.2. The number of fused-ring (bicyclic) bond motifs is 1. The lowest BCUT2D eigenvalue weighted by molar-refractivity contribution is -0.163. The first-order valence-corrected chi connectivity index (χ1v) is 12.1. The maximum Gasteiger partial charge on any atom is 0.327 e. The van der Waals surface area contributed by atoms with E-state index in [-0.39, 0.29) is 11.3 Å². The maximum absolute atomic E-state index is 13.6. The number of hydrogen-bond donors (Lipinski definition) is 2. The molecule has 8 heteroatoms. The molecule has 2 aromatic rings. The molecule has 1 aliphatic heterocycles. The van der Waals surface area contributed by atoms with Crippen molar-refractivity contribution in [2.45, 2.75) is 65.3 Å². The summed E-state index contributed by atoms with van der Waals surface area (Å²) in [5.41, 5.74) is 0.519. The Morgan fingerprint density at radius 2 is 1.76 bits per heavy atom. The number of rotatable bonds is 12. The monoisotopic (exact) mass is 466 g/mol. The molecule has 1 aromatic carbocycles. The second-order valence-electron chi connectivity index (χ2n) is 8.57. The fraction of sp³-hybridized carbons (Fsp3) is 0.462. The van der Waals surface area contributed by atoms with Crippen LogP contribution in [0.2, 0.25) is 0 Å². The zero-order valence-electron chi connectivity index (χ0n) is 20.2. The molecular formula is C26H34N4O4. The van der Waals surface area contributed by atoms with Gasteiger partial charge < -0.3 is 10.4 Å². The van der Waals surface area contributed by atoms with Crippen molar-refractivity contribution in [2.24, 2.45) is 0 Å². The number of carboxylic acids is 1. The summed E-state index contributed by atoms with van der Waals surface area (Å²) in [6.45, 7) is 5.96. The summed E-state index contributed by atoms with van der Waals surface area (Å²) in [4.78, 5) is 43.0. The molecule has 0 saturated heterocycles. The Labute approximate surface area is 200 Å². The van der Waals surface area contributed by atoms with Crippen LogP contribution in [0.4, 0.5) is 5.69 Å². The Morgan fingerprint density at radius 1 is 1.06 bits per heavy atom. The van der Waals surface area contributed by atoms with Gasteiger partial charge in [-0.15, -0.1) is 0 Å². The number of pyridine rings is 1. The van der Waals surface area contributed by atoms with Crippen LogP contribution in [0.1, 0.15) is 59.3 Å². The van der Waals surface area contributed by atoms with Crippen LogP contribution in [-0.4, -0.2) is 56.9 Å². The van der Waals surface area contributed by atoms with Crippen LogP contribution in [0.15, 0.2) is 47.9 Å². The third kappa shape index (κ3) is 5.44. The van der Waals surface area contributed by atoms with Gasteiger partial charge in [0.1, 0.15) is 5.70 Å². The average molecular weight is 467 g/mol. The number of ketones is 1. The standard InChI is InChI=1S/C26H34N4O4/c1-4-6-7-8-9-12-15-30-24(26(33)34)22(18(3)31)23(25(32)29(30)5-2)28-21-17-27-16-19-13-10-11-14-20(19)21/h10-11,13-14,16-17,24,28H,4-9,12,15H2,1-3H3,(H,33,34). The Kier molecular flexibility index (Phi) is 8.76. The van der Waals surface area contributed by atoms with E-state index in [9.17, 15) is 19.5 Å². The van der Waals surface area contributed by atoms with Gasteiger partial charge in [-0.1, -0.05) is 63.3 Å². The smallest absolute Gasteiger partial charge is 0.327 e. The predicted octanol–water partition coefficient (Wildman–Crippen LogP) is 4.38. The molecule has 0 radical (unpaired) electrons. The van der Waals surface area contributed by atoms with E-state index in [0.717, 1.165) is 42.9 Å². The number of amides is 1. The van der Waals surface area contributed by atoms with E-state index in [1.807, 2.05) is 24.3 Å². The van der Waals surface area contributed by atoms with E-state index in [1.54, 1.807) is 24.3 Å². The summed E-state index contributed by atoms with van der Waals surface area (Å²) in [7, 11) is 0. The van der Waals surface area contributed by atoms with Crippen molar-refractivity contribution in [1.29, 1.82) is 0 Å². The molecule has 34 heavy (non-hydrogen) atoms. The largest absolute Gasteiger partial charge is 0.480 e. The van der Waals surface area contributed by atoms with Gasteiger partial charge >= 0.3 is 5.97 Å². The SMILES string of the molecule is CCCCCCCCN1C(C(=O)O)C(C(C)=O)=C(Nc2cncc3ccccc23)C(=O)N1CC. The third-order valence-electron chi connectivity index (χ3n) is 6.18. The highest BCUT2D eigenvalue weighted by molar-refractivity contribution is 6.12. The lowest BCUT2D eigenvalue weighted by Crippen LogP contribution is -2.60. The fourth-order valence-corrected chi connectivity index (χ4v) is 4.51. The second-order valence-corrected chi connectivity index (χ2v) is 8.57. The highest BCUT2D eigenvalue weighted by Gasteiger charge is 2.44. The van der Waals surface area contributed by atoms with Gasteiger partial charge in [0.15, 0.2) is 11.8 Å². The Balaban J connectivity index is 1.98. The molecular weight excluding hydrogens is 432 g/mol. The molecule has 2 N–H and O–H groups in total. The number of carbonyl (C=O) groups excluding carboxylic acids is 2. The quantitative estimate of drug-likeness (QED) is 0.447. The van der Waals surface area contributed by atoms with Gasteiger partial charge in [-0.3, -0.25) is 24.4 Å². The first-order chi connectivity index (χ1) is 16.4. The summed E-state index contributed by atoms with van der Waals surface area (Å²) >= 11 is 0. The van der Waals surface area contributed by atoms with E-state index in [4.69, 9.17) is 0 Å². The molecule has 1 aliphatic rings. The number of benzene rings is 1. The predicted molar refractivity (Wildman–Crippen MR) is 132 cm³/mol. The van der Waals surface area contributed by atoms with Crippen LogP contribution in [0.3, 0.4) is 0 Å². The summed E-state index contributed by atoms with van der Waals surface area (Å²) in [6.07, 6.45) is 9.52. The van der Waals surface area contributed by atoms with Gasteiger partial charge in [0, 0.05) is 30.1 Å². The number of nitrogens with zero attached hydrogens (tertiary/aromatic N) is 3. The van der Waals surface area contributed by atoms with Crippen molar-refractivity contribution in [3.05, 3.63) is 47.9 Å². The van der Waals surface area contributed by atoms with Crippen molar-refractivity contribution < 1.29 is 19.5 Å². The van der Waals surface area contributed by atoms with E-state index in [2.05, 4.69) is 17.2 Å². The summed E-state index contributed by atoms with van der Waals surface area (Å²) < 4.78 is 0. The van der Waals surface area contributed by atoms with Crippen LogP contribution in [0.5, 0.6) is 0 Å². The summed E-state index contributed by atoms with van der Waals surface area (Å²) in [5, 5.41) is 17.9. The Hall–Kier alpha value is -3.26. The molecule has 0 spiro atoms. The number of carboxylic acid groups (broad SMARTS) is 1. The molecule has 2 heterocycles. The van der Waals surface area contributed by atoms with Gasteiger partial charge in [0.2, 0.25) is 0 Å². The molecule has 0 bridgehead atoms. The first kappa shape index (κ1) is 25.4. The number of nitrogens with one attached hydrogen (secondary N) is 1. The Bertz CT molecular complexity index is 1080. The van der Waals surface area contributed by atoms with Gasteiger partial charge in [0.25, 0.3) is 5.91 Å². The molecule has 1 unspecified atom stereocenters. The second kappa shape index (κ2) is 11.7. The van der Waals surface area contributed by atoms with Crippen LogP contribution < -0.4 is 5.32 Å². The molecule has 3 rings (SSSR count). The fourth-order valence-electron chi connectivity index (χ4n) is 4.51. The van der Waals surface area contributed by atoms with Crippen LogP contribution in [0.25, 0.3) is 10.8 Å². The summed E-state index contributed by atoms with van der Waals surface area (Å²) in [5.74, 6) is -2.01. The number of hydrogen-bond acceptors (Lipinski definition) is 6. The number of hydrazine groups is 1. The van der Waals surface area contributed by atoms with Crippen molar-refractivity contribution >= 4 is 34.1 Å². The van der Waals surface area contributed by atoms with Crippen molar-refractivity contribution in [1.82, 2.24) is 15.0 Å². The topological polar surface area (TPSA) is 103 Å².